The zero-order chi connectivity index (χ0) is 16.1. The molecule has 2 aromatic carbocycles. The molecular weight excluding hydrogens is 278 g/mol. The van der Waals surface area contributed by atoms with Crippen LogP contribution in [0.2, 0.25) is 0 Å². The summed E-state index contributed by atoms with van der Waals surface area (Å²) in [6.07, 6.45) is 0. The first-order valence-corrected chi connectivity index (χ1v) is 6.98. The van der Waals surface area contributed by atoms with E-state index in [9.17, 15) is 9.59 Å². The lowest BCUT2D eigenvalue weighted by Crippen LogP contribution is -2.14. The lowest BCUT2D eigenvalue weighted by atomic mass is 10.1. The molecule has 0 radical (unpaired) electrons. The molecule has 0 fully saturated rings. The summed E-state index contributed by atoms with van der Waals surface area (Å²) in [7, 11) is 0. The molecule has 0 heterocycles. The molecule has 114 valence electrons. The van der Waals surface area contributed by atoms with Crippen LogP contribution in [-0.2, 0) is 11.3 Å². The van der Waals surface area contributed by atoms with Crippen molar-refractivity contribution in [1.29, 1.82) is 0 Å². The molecule has 4 N–H and O–H groups in total. The van der Waals surface area contributed by atoms with E-state index in [1.807, 2.05) is 19.1 Å². The second-order valence-corrected chi connectivity index (χ2v) is 5.07. The van der Waals surface area contributed by atoms with Crippen molar-refractivity contribution in [1.82, 2.24) is 0 Å². The van der Waals surface area contributed by atoms with Gasteiger partial charge >= 0.3 is 0 Å². The monoisotopic (exact) mass is 297 g/mol. The summed E-state index contributed by atoms with van der Waals surface area (Å²) in [6, 6.07) is 12.6. The molecule has 0 spiro atoms. The Kier molecular flexibility index (Phi) is 4.91. The third kappa shape index (κ3) is 3.93. The average molecular weight is 297 g/mol. The minimum absolute atomic E-state index is 0.156. The van der Waals surface area contributed by atoms with Crippen LogP contribution < -0.4 is 16.4 Å². The number of nitrogens with one attached hydrogen (secondary N) is 2. The molecule has 0 saturated carbocycles. The van der Waals surface area contributed by atoms with Gasteiger partial charge < -0.3 is 16.4 Å². The standard InChI is InChI=1S/C17H19N3O2/c1-11-6-7-15(19-12(2)21)9-16(11)20-17(22)14-5-3-4-13(8-14)10-18/h3-9H,10,18H2,1-2H3,(H,19,21)(H,20,22). The highest BCUT2D eigenvalue weighted by molar-refractivity contribution is 6.05. The number of amides is 2. The van der Waals surface area contributed by atoms with E-state index in [4.69, 9.17) is 5.73 Å². The maximum absolute atomic E-state index is 12.3. The third-order valence-electron chi connectivity index (χ3n) is 3.23. The lowest BCUT2D eigenvalue weighted by Gasteiger charge is -2.11. The molecule has 0 aliphatic carbocycles. The fourth-order valence-corrected chi connectivity index (χ4v) is 2.07. The molecule has 5 nitrogen and oxygen atoms in total. The van der Waals surface area contributed by atoms with Crippen molar-refractivity contribution in [3.63, 3.8) is 0 Å². The van der Waals surface area contributed by atoms with Crippen LogP contribution in [0.1, 0.15) is 28.4 Å². The highest BCUT2D eigenvalue weighted by atomic mass is 16.2. The number of aryl methyl sites for hydroxylation is 1. The van der Waals surface area contributed by atoms with Crippen molar-refractivity contribution < 1.29 is 9.59 Å². The van der Waals surface area contributed by atoms with Gasteiger partial charge in [0.25, 0.3) is 5.91 Å². The maximum Gasteiger partial charge on any atom is 0.255 e. The molecule has 2 aromatic rings. The van der Waals surface area contributed by atoms with Crippen LogP contribution in [0, 0.1) is 6.92 Å². The lowest BCUT2D eigenvalue weighted by molar-refractivity contribution is -0.114. The number of nitrogens with two attached hydrogens (primary N) is 1. The van der Waals surface area contributed by atoms with E-state index in [-0.39, 0.29) is 11.8 Å². The van der Waals surface area contributed by atoms with E-state index in [1.165, 1.54) is 6.92 Å². The summed E-state index contributed by atoms with van der Waals surface area (Å²) in [6.45, 7) is 3.72. The van der Waals surface area contributed by atoms with E-state index in [0.717, 1.165) is 11.1 Å². The second kappa shape index (κ2) is 6.87. The topological polar surface area (TPSA) is 84.2 Å². The number of hydrogen-bond donors (Lipinski definition) is 3. The smallest absolute Gasteiger partial charge is 0.255 e. The van der Waals surface area contributed by atoms with Gasteiger partial charge in [0.15, 0.2) is 0 Å². The number of benzene rings is 2. The average Bonchev–Trinajstić information content (AvgIpc) is 2.50. The molecule has 0 aliphatic rings. The third-order valence-corrected chi connectivity index (χ3v) is 3.23. The predicted molar refractivity (Wildman–Crippen MR) is 87.8 cm³/mol. The summed E-state index contributed by atoms with van der Waals surface area (Å²) < 4.78 is 0. The largest absolute Gasteiger partial charge is 0.326 e. The van der Waals surface area contributed by atoms with E-state index < -0.39 is 0 Å². The van der Waals surface area contributed by atoms with E-state index in [2.05, 4.69) is 10.6 Å². The van der Waals surface area contributed by atoms with Crippen LogP contribution in [0.3, 0.4) is 0 Å². The van der Waals surface area contributed by atoms with Crippen molar-refractivity contribution in [3.8, 4) is 0 Å². The van der Waals surface area contributed by atoms with Gasteiger partial charge in [-0.05, 0) is 42.3 Å². The summed E-state index contributed by atoms with van der Waals surface area (Å²) in [5.74, 6) is -0.366. The number of rotatable bonds is 4. The summed E-state index contributed by atoms with van der Waals surface area (Å²) >= 11 is 0. The molecule has 0 unspecified atom stereocenters. The van der Waals surface area contributed by atoms with Gasteiger partial charge in [0.2, 0.25) is 5.91 Å². The van der Waals surface area contributed by atoms with Gasteiger partial charge in [-0.25, -0.2) is 0 Å². The van der Waals surface area contributed by atoms with Crippen LogP contribution in [-0.4, -0.2) is 11.8 Å². The van der Waals surface area contributed by atoms with Crippen LogP contribution in [0.25, 0.3) is 0 Å². The van der Waals surface area contributed by atoms with Gasteiger partial charge in [-0.3, -0.25) is 9.59 Å². The molecule has 2 rings (SSSR count). The van der Waals surface area contributed by atoms with Crippen molar-refractivity contribution in [2.75, 3.05) is 10.6 Å². The SMILES string of the molecule is CC(=O)Nc1ccc(C)c(NC(=O)c2cccc(CN)c2)c1. The van der Waals surface area contributed by atoms with Gasteiger partial charge in [0.1, 0.15) is 0 Å². The van der Waals surface area contributed by atoms with Crippen molar-refractivity contribution in [2.24, 2.45) is 5.73 Å². The molecule has 0 aromatic heterocycles. The minimum Gasteiger partial charge on any atom is -0.326 e. The first-order valence-electron chi connectivity index (χ1n) is 6.98. The Morgan fingerprint density at radius 3 is 2.55 bits per heavy atom. The normalized spacial score (nSPS) is 10.1. The summed E-state index contributed by atoms with van der Waals surface area (Å²) in [5, 5.41) is 5.56. The fourth-order valence-electron chi connectivity index (χ4n) is 2.07. The van der Waals surface area contributed by atoms with Crippen molar-refractivity contribution in [3.05, 3.63) is 59.2 Å². The Morgan fingerprint density at radius 1 is 1.09 bits per heavy atom. The molecule has 0 bridgehead atoms. The predicted octanol–water partition coefficient (Wildman–Crippen LogP) is 2.66. The van der Waals surface area contributed by atoms with Gasteiger partial charge in [-0.2, -0.15) is 0 Å². The van der Waals surface area contributed by atoms with E-state index in [0.29, 0.717) is 23.5 Å². The van der Waals surface area contributed by atoms with Gasteiger partial charge in [-0.1, -0.05) is 18.2 Å². The highest BCUT2D eigenvalue weighted by Crippen LogP contribution is 2.21. The second-order valence-electron chi connectivity index (χ2n) is 5.07. The highest BCUT2D eigenvalue weighted by Gasteiger charge is 2.09. The van der Waals surface area contributed by atoms with E-state index >= 15 is 0 Å². The fraction of sp³-hybridized carbons (Fsp3) is 0.176. The number of carbonyl (C=O) groups is 2. The van der Waals surface area contributed by atoms with Crippen LogP contribution >= 0.6 is 0 Å². The Balaban J connectivity index is 2.21. The van der Waals surface area contributed by atoms with Gasteiger partial charge in [-0.15, -0.1) is 0 Å². The Bertz CT molecular complexity index is 711. The Labute approximate surface area is 129 Å². The zero-order valence-electron chi connectivity index (χ0n) is 12.6. The van der Waals surface area contributed by atoms with Crippen molar-refractivity contribution in [2.45, 2.75) is 20.4 Å². The molecular formula is C17H19N3O2. The minimum atomic E-state index is -0.210. The van der Waals surface area contributed by atoms with Gasteiger partial charge in [0, 0.05) is 30.4 Å². The zero-order valence-corrected chi connectivity index (χ0v) is 12.6. The molecule has 0 aliphatic heterocycles. The molecule has 5 heteroatoms. The Hall–Kier alpha value is -2.66. The first kappa shape index (κ1) is 15.7. The van der Waals surface area contributed by atoms with Crippen molar-refractivity contribution >= 4 is 23.2 Å². The molecule has 0 saturated heterocycles. The first-order chi connectivity index (χ1) is 10.5. The van der Waals surface area contributed by atoms with Crippen LogP contribution in [0.4, 0.5) is 11.4 Å². The summed E-state index contributed by atoms with van der Waals surface area (Å²) in [4.78, 5) is 23.4. The molecule has 0 atom stereocenters. The molecule has 22 heavy (non-hydrogen) atoms. The van der Waals surface area contributed by atoms with Gasteiger partial charge in [0.05, 0.1) is 0 Å². The van der Waals surface area contributed by atoms with Crippen LogP contribution in [0.5, 0.6) is 0 Å². The Morgan fingerprint density at radius 2 is 1.86 bits per heavy atom. The number of carbonyl (C=O) groups excluding carboxylic acids is 2. The number of anilines is 2. The summed E-state index contributed by atoms with van der Waals surface area (Å²) in [5.41, 5.74) is 9.26. The molecule has 2 amide bonds. The number of hydrogen-bond acceptors (Lipinski definition) is 3. The quantitative estimate of drug-likeness (QED) is 0.811. The van der Waals surface area contributed by atoms with E-state index in [1.54, 1.807) is 30.3 Å². The van der Waals surface area contributed by atoms with Crippen LogP contribution in [0.15, 0.2) is 42.5 Å². The maximum atomic E-state index is 12.3.